The van der Waals surface area contributed by atoms with E-state index in [-0.39, 0.29) is 0 Å². The van der Waals surface area contributed by atoms with Crippen molar-refractivity contribution in [2.75, 3.05) is 0 Å². The van der Waals surface area contributed by atoms with E-state index in [0.29, 0.717) is 0 Å². The minimum absolute atomic E-state index is 0.948. The molecule has 0 aliphatic heterocycles. The fourth-order valence-electron chi connectivity index (χ4n) is 3.98. The van der Waals surface area contributed by atoms with Crippen LogP contribution in [-0.4, -0.2) is 14.0 Å². The van der Waals surface area contributed by atoms with Crippen molar-refractivity contribution in [1.82, 2.24) is 14.0 Å². The van der Waals surface area contributed by atoms with Gasteiger partial charge in [-0.15, -0.1) is 0 Å². The van der Waals surface area contributed by atoms with Crippen molar-refractivity contribution in [2.24, 2.45) is 0 Å². The molecule has 0 atom stereocenters. The van der Waals surface area contributed by atoms with E-state index in [1.165, 1.54) is 21.8 Å². The number of hydrogen-bond donors (Lipinski definition) is 0. The van der Waals surface area contributed by atoms with Gasteiger partial charge in [0.05, 0.1) is 22.1 Å². The van der Waals surface area contributed by atoms with Crippen LogP contribution in [0.25, 0.3) is 44.3 Å². The van der Waals surface area contributed by atoms with Gasteiger partial charge in [0.1, 0.15) is 0 Å². The Bertz CT molecular complexity index is 1420. The van der Waals surface area contributed by atoms with Crippen LogP contribution in [0.5, 0.6) is 0 Å². The summed E-state index contributed by atoms with van der Waals surface area (Å²) in [5.74, 6) is 0.948. The monoisotopic (exact) mass is 333 g/mol. The molecular formula is C23H15N3. The first-order chi connectivity index (χ1) is 12.9. The van der Waals surface area contributed by atoms with Crippen molar-refractivity contribution in [1.29, 1.82) is 0 Å². The van der Waals surface area contributed by atoms with Crippen molar-refractivity contribution in [2.45, 2.75) is 0 Å². The van der Waals surface area contributed by atoms with E-state index in [4.69, 9.17) is 4.98 Å². The second kappa shape index (κ2) is 4.96. The Kier molecular flexibility index (Phi) is 2.61. The lowest BCUT2D eigenvalue weighted by Crippen LogP contribution is -1.94. The molecule has 26 heavy (non-hydrogen) atoms. The van der Waals surface area contributed by atoms with E-state index in [9.17, 15) is 0 Å². The summed E-state index contributed by atoms with van der Waals surface area (Å²) >= 11 is 0. The third kappa shape index (κ3) is 1.69. The number of rotatable bonds is 1. The minimum atomic E-state index is 0.948. The van der Waals surface area contributed by atoms with Crippen LogP contribution in [0.4, 0.5) is 0 Å². The summed E-state index contributed by atoms with van der Waals surface area (Å²) in [4.78, 5) is 4.96. The molecule has 4 aromatic carbocycles. The average molecular weight is 333 g/mol. The molecule has 6 aromatic rings. The van der Waals surface area contributed by atoms with Gasteiger partial charge in [0.15, 0.2) is 0 Å². The van der Waals surface area contributed by atoms with E-state index in [1.54, 1.807) is 0 Å². The molecule has 0 N–H and O–H groups in total. The normalized spacial score (nSPS) is 11.8. The predicted octanol–water partition coefficient (Wildman–Crippen LogP) is 5.58. The van der Waals surface area contributed by atoms with Gasteiger partial charge >= 0.3 is 0 Å². The molecule has 6 rings (SSSR count). The first-order valence-corrected chi connectivity index (χ1v) is 8.76. The Morgan fingerprint density at radius 1 is 0.615 bits per heavy atom. The summed E-state index contributed by atoms with van der Waals surface area (Å²) in [6.07, 6.45) is 0. The predicted molar refractivity (Wildman–Crippen MR) is 107 cm³/mol. The molecule has 0 saturated carbocycles. The molecule has 0 saturated heterocycles. The first kappa shape index (κ1) is 13.7. The van der Waals surface area contributed by atoms with Crippen LogP contribution in [0.3, 0.4) is 0 Å². The fourth-order valence-corrected chi connectivity index (χ4v) is 3.98. The van der Waals surface area contributed by atoms with Gasteiger partial charge in [-0.2, -0.15) is 0 Å². The number of hydrogen-bond acceptors (Lipinski definition) is 1. The smallest absolute Gasteiger partial charge is 0.220 e. The summed E-state index contributed by atoms with van der Waals surface area (Å²) in [6.45, 7) is 0. The fraction of sp³-hybridized carbons (Fsp3) is 0. The van der Waals surface area contributed by atoms with Crippen LogP contribution in [0, 0.1) is 0 Å². The quantitative estimate of drug-likeness (QED) is 0.385. The molecule has 2 heterocycles. The van der Waals surface area contributed by atoms with Gasteiger partial charge in [0.2, 0.25) is 5.78 Å². The zero-order valence-corrected chi connectivity index (χ0v) is 14.0. The summed E-state index contributed by atoms with van der Waals surface area (Å²) < 4.78 is 4.54. The molecule has 122 valence electrons. The molecule has 0 spiro atoms. The molecular weight excluding hydrogens is 318 g/mol. The second-order valence-electron chi connectivity index (χ2n) is 6.56. The molecule has 0 aliphatic carbocycles. The van der Waals surface area contributed by atoms with Crippen molar-refractivity contribution in [3.05, 3.63) is 91.0 Å². The number of nitrogens with zero attached hydrogens (tertiary/aromatic N) is 3. The lowest BCUT2D eigenvalue weighted by Gasteiger charge is -2.05. The molecule has 2 aromatic heterocycles. The van der Waals surface area contributed by atoms with Crippen molar-refractivity contribution in [3.63, 3.8) is 0 Å². The zero-order valence-electron chi connectivity index (χ0n) is 14.0. The third-order valence-corrected chi connectivity index (χ3v) is 5.10. The molecule has 0 radical (unpaired) electrons. The lowest BCUT2D eigenvalue weighted by atomic mass is 10.1. The molecule has 3 heteroatoms. The summed E-state index contributed by atoms with van der Waals surface area (Å²) in [5, 5.41) is 2.48. The van der Waals surface area contributed by atoms with Gasteiger partial charge in [-0.25, -0.2) is 4.98 Å². The highest BCUT2D eigenvalue weighted by atomic mass is 15.2. The van der Waals surface area contributed by atoms with E-state index in [1.807, 2.05) is 12.1 Å². The maximum absolute atomic E-state index is 4.96. The van der Waals surface area contributed by atoms with Crippen LogP contribution < -0.4 is 0 Å². The van der Waals surface area contributed by atoms with Gasteiger partial charge < -0.3 is 0 Å². The van der Waals surface area contributed by atoms with Crippen LogP contribution in [0.15, 0.2) is 91.0 Å². The summed E-state index contributed by atoms with van der Waals surface area (Å²) in [6, 6.07) is 31.7. The van der Waals surface area contributed by atoms with Gasteiger partial charge in [0.25, 0.3) is 0 Å². The number of aromatic nitrogens is 3. The van der Waals surface area contributed by atoms with Gasteiger partial charge in [-0.05, 0) is 35.7 Å². The Balaban J connectivity index is 1.95. The van der Waals surface area contributed by atoms with E-state index >= 15 is 0 Å². The average Bonchev–Trinajstić information content (AvgIpc) is 3.22. The van der Waals surface area contributed by atoms with Gasteiger partial charge in [0, 0.05) is 11.1 Å². The standard InChI is InChI=1S/C23H15N3/c1-2-9-17(10-3-1)25-21-15-14-16-8-4-5-11-18(16)22(21)26-20-13-7-6-12-19(20)24-23(25)26/h1-15H. The number of imidazole rings is 2. The summed E-state index contributed by atoms with van der Waals surface area (Å²) in [5.41, 5.74) is 5.65. The molecule has 0 bridgehead atoms. The molecule has 0 unspecified atom stereocenters. The number of fused-ring (bicyclic) bond motifs is 7. The SMILES string of the molecule is c1ccc(-n2c3ccc4ccccc4c3n3c4ccccc4nc23)cc1. The molecule has 0 fully saturated rings. The van der Waals surface area contributed by atoms with Crippen LogP contribution in [-0.2, 0) is 0 Å². The maximum Gasteiger partial charge on any atom is 0.220 e. The van der Waals surface area contributed by atoms with Gasteiger partial charge in [-0.1, -0.05) is 60.7 Å². The van der Waals surface area contributed by atoms with Crippen LogP contribution >= 0.6 is 0 Å². The van der Waals surface area contributed by atoms with Crippen molar-refractivity contribution in [3.8, 4) is 5.69 Å². The van der Waals surface area contributed by atoms with Gasteiger partial charge in [-0.3, -0.25) is 8.97 Å². The van der Waals surface area contributed by atoms with E-state index < -0.39 is 0 Å². The zero-order chi connectivity index (χ0) is 17.1. The van der Waals surface area contributed by atoms with Crippen molar-refractivity contribution < 1.29 is 0 Å². The highest BCUT2D eigenvalue weighted by Crippen LogP contribution is 2.33. The van der Waals surface area contributed by atoms with E-state index in [0.717, 1.165) is 22.5 Å². The Morgan fingerprint density at radius 2 is 1.38 bits per heavy atom. The van der Waals surface area contributed by atoms with Crippen LogP contribution in [0.1, 0.15) is 0 Å². The highest BCUT2D eigenvalue weighted by Gasteiger charge is 2.18. The molecule has 0 amide bonds. The lowest BCUT2D eigenvalue weighted by molar-refractivity contribution is 1.11. The third-order valence-electron chi connectivity index (χ3n) is 5.10. The number of para-hydroxylation sites is 3. The maximum atomic E-state index is 4.96. The Morgan fingerprint density at radius 3 is 2.31 bits per heavy atom. The van der Waals surface area contributed by atoms with Crippen LogP contribution in [0.2, 0.25) is 0 Å². The molecule has 0 aliphatic rings. The number of benzene rings is 4. The topological polar surface area (TPSA) is 22.2 Å². The van der Waals surface area contributed by atoms with E-state index in [2.05, 4.69) is 87.8 Å². The minimum Gasteiger partial charge on any atom is -0.278 e. The summed E-state index contributed by atoms with van der Waals surface area (Å²) in [7, 11) is 0. The Hall–Kier alpha value is -3.59. The Labute approximate surface area is 149 Å². The molecule has 3 nitrogen and oxygen atoms in total. The highest BCUT2D eigenvalue weighted by molar-refractivity contribution is 6.08. The first-order valence-electron chi connectivity index (χ1n) is 8.76. The second-order valence-corrected chi connectivity index (χ2v) is 6.56. The largest absolute Gasteiger partial charge is 0.278 e. The van der Waals surface area contributed by atoms with Crippen molar-refractivity contribution >= 4 is 38.6 Å².